The molecule has 2 N–H and O–H groups in total. The lowest BCUT2D eigenvalue weighted by atomic mass is 9.95. The second-order valence-electron chi connectivity index (χ2n) is 5.06. The average Bonchev–Trinajstić information content (AvgIpc) is 2.46. The zero-order valence-corrected chi connectivity index (χ0v) is 16.9. The van der Waals surface area contributed by atoms with Crippen molar-refractivity contribution in [2.24, 2.45) is 4.99 Å². The first-order valence-electron chi connectivity index (χ1n) is 7.29. The number of thioether (sulfide) groups is 2. The molecule has 0 spiro atoms. The first-order valence-corrected chi connectivity index (χ1v) is 9.97. The van der Waals surface area contributed by atoms with E-state index >= 15 is 0 Å². The molecule has 0 bridgehead atoms. The molecule has 0 aromatic heterocycles. The third kappa shape index (κ3) is 8.87. The van der Waals surface area contributed by atoms with Crippen molar-refractivity contribution in [3.8, 4) is 0 Å². The summed E-state index contributed by atoms with van der Waals surface area (Å²) >= 11 is 3.93. The highest BCUT2D eigenvalue weighted by Gasteiger charge is 2.21. The van der Waals surface area contributed by atoms with Gasteiger partial charge in [-0.1, -0.05) is 6.42 Å². The Bertz CT molecular complexity index is 265. The molecule has 6 heteroatoms. The zero-order chi connectivity index (χ0) is 13.9. The molecule has 1 saturated carbocycles. The van der Waals surface area contributed by atoms with E-state index in [1.165, 1.54) is 44.3 Å². The Morgan fingerprint density at radius 1 is 1.25 bits per heavy atom. The third-order valence-corrected chi connectivity index (χ3v) is 5.38. The van der Waals surface area contributed by atoms with Gasteiger partial charge in [-0.2, -0.15) is 23.5 Å². The van der Waals surface area contributed by atoms with Crippen molar-refractivity contribution in [2.45, 2.75) is 49.8 Å². The van der Waals surface area contributed by atoms with Gasteiger partial charge in [0.1, 0.15) is 0 Å². The van der Waals surface area contributed by atoms with E-state index < -0.39 is 0 Å². The highest BCUT2D eigenvalue weighted by atomic mass is 127. The van der Waals surface area contributed by atoms with Crippen LogP contribution in [0.15, 0.2) is 4.99 Å². The Balaban J connectivity index is 0.00000361. The van der Waals surface area contributed by atoms with Crippen molar-refractivity contribution in [2.75, 3.05) is 31.9 Å². The molecule has 2 atom stereocenters. The molecule has 0 amide bonds. The van der Waals surface area contributed by atoms with Gasteiger partial charge in [0, 0.05) is 24.9 Å². The number of rotatable bonds is 7. The van der Waals surface area contributed by atoms with Gasteiger partial charge in [0.05, 0.1) is 0 Å². The van der Waals surface area contributed by atoms with Crippen LogP contribution in [-0.2, 0) is 0 Å². The van der Waals surface area contributed by atoms with Crippen molar-refractivity contribution in [3.05, 3.63) is 0 Å². The average molecular weight is 431 g/mol. The quantitative estimate of drug-likeness (QED) is 0.280. The maximum atomic E-state index is 4.33. The lowest BCUT2D eigenvalue weighted by Gasteiger charge is -2.29. The minimum absolute atomic E-state index is 0. The van der Waals surface area contributed by atoms with E-state index in [2.05, 4.69) is 28.1 Å². The highest BCUT2D eigenvalue weighted by Crippen LogP contribution is 2.26. The molecule has 0 heterocycles. The molecule has 3 nitrogen and oxygen atoms in total. The molecular formula is C14H30IN3S2. The van der Waals surface area contributed by atoms with Gasteiger partial charge in [-0.3, -0.25) is 4.99 Å². The van der Waals surface area contributed by atoms with Crippen LogP contribution in [-0.4, -0.2) is 49.1 Å². The van der Waals surface area contributed by atoms with Crippen LogP contribution in [0.25, 0.3) is 0 Å². The van der Waals surface area contributed by atoms with E-state index in [-0.39, 0.29) is 24.0 Å². The summed E-state index contributed by atoms with van der Waals surface area (Å²) in [5, 5.41) is 7.84. The van der Waals surface area contributed by atoms with E-state index in [0.717, 1.165) is 17.8 Å². The normalized spacial score (nSPS) is 23.1. The number of hydrogen-bond donors (Lipinski definition) is 2. The predicted octanol–water partition coefficient (Wildman–Crippen LogP) is 3.59. The number of unbranched alkanes of at least 4 members (excludes halogenated alkanes) is 1. The third-order valence-electron chi connectivity index (χ3n) is 3.59. The summed E-state index contributed by atoms with van der Waals surface area (Å²) in [7, 11) is 1.87. The molecule has 120 valence electrons. The maximum absolute atomic E-state index is 4.33. The summed E-state index contributed by atoms with van der Waals surface area (Å²) < 4.78 is 0. The van der Waals surface area contributed by atoms with Crippen LogP contribution in [0.1, 0.15) is 38.5 Å². The van der Waals surface area contributed by atoms with Gasteiger partial charge in [0.25, 0.3) is 0 Å². The fourth-order valence-corrected chi connectivity index (χ4v) is 3.78. The van der Waals surface area contributed by atoms with E-state index in [9.17, 15) is 0 Å². The lowest BCUT2D eigenvalue weighted by molar-refractivity contribution is 0.419. The second kappa shape index (κ2) is 13.4. The molecule has 0 aromatic rings. The van der Waals surface area contributed by atoms with Gasteiger partial charge in [0.15, 0.2) is 5.96 Å². The lowest BCUT2D eigenvalue weighted by Crippen LogP contribution is -2.45. The second-order valence-corrected chi connectivity index (χ2v) is 7.19. The number of halogens is 1. The van der Waals surface area contributed by atoms with Gasteiger partial charge >= 0.3 is 0 Å². The summed E-state index contributed by atoms with van der Waals surface area (Å²) in [4.78, 5) is 4.33. The largest absolute Gasteiger partial charge is 0.356 e. The smallest absolute Gasteiger partial charge is 0.191 e. The summed E-state index contributed by atoms with van der Waals surface area (Å²) in [6, 6.07) is 0.601. The number of aliphatic imine (C=N–C) groups is 1. The van der Waals surface area contributed by atoms with Gasteiger partial charge in [0.2, 0.25) is 0 Å². The van der Waals surface area contributed by atoms with Gasteiger partial charge in [-0.25, -0.2) is 0 Å². The predicted molar refractivity (Wildman–Crippen MR) is 107 cm³/mol. The molecular weight excluding hydrogens is 401 g/mol. The Morgan fingerprint density at radius 2 is 2.05 bits per heavy atom. The minimum atomic E-state index is 0. The summed E-state index contributed by atoms with van der Waals surface area (Å²) in [6.07, 6.45) is 12.2. The first-order chi connectivity index (χ1) is 9.30. The van der Waals surface area contributed by atoms with Crippen molar-refractivity contribution >= 4 is 53.5 Å². The summed E-state index contributed by atoms with van der Waals surface area (Å²) in [5.41, 5.74) is 0. The molecule has 0 saturated heterocycles. The van der Waals surface area contributed by atoms with Gasteiger partial charge in [-0.15, -0.1) is 24.0 Å². The standard InChI is InChI=1S/C14H29N3S2.HI/c1-15-14(16-9-4-5-10-18-2)17-12-7-6-8-13(11-12)19-3;/h12-13H,4-11H2,1-3H3,(H2,15,16,17);1H. The molecule has 0 aliphatic heterocycles. The Hall–Kier alpha value is 0.700. The minimum Gasteiger partial charge on any atom is -0.356 e. The number of hydrogen-bond acceptors (Lipinski definition) is 3. The molecule has 1 aliphatic rings. The molecule has 2 unspecified atom stereocenters. The number of nitrogens with zero attached hydrogens (tertiary/aromatic N) is 1. The van der Waals surface area contributed by atoms with E-state index in [1.54, 1.807) is 0 Å². The fraction of sp³-hybridized carbons (Fsp3) is 0.929. The van der Waals surface area contributed by atoms with Crippen LogP contribution in [0, 0.1) is 0 Å². The number of guanidine groups is 1. The van der Waals surface area contributed by atoms with Crippen LogP contribution in [0.5, 0.6) is 0 Å². The molecule has 20 heavy (non-hydrogen) atoms. The van der Waals surface area contributed by atoms with Crippen molar-refractivity contribution in [1.29, 1.82) is 0 Å². The first kappa shape index (κ1) is 20.7. The molecule has 1 rings (SSSR count). The topological polar surface area (TPSA) is 36.4 Å². The van der Waals surface area contributed by atoms with Crippen LogP contribution >= 0.6 is 47.5 Å². The zero-order valence-electron chi connectivity index (χ0n) is 13.0. The molecule has 0 aromatic carbocycles. The van der Waals surface area contributed by atoms with Gasteiger partial charge in [-0.05, 0) is 50.4 Å². The highest BCUT2D eigenvalue weighted by molar-refractivity contribution is 14.0. The van der Waals surface area contributed by atoms with Crippen molar-refractivity contribution in [1.82, 2.24) is 10.6 Å². The Morgan fingerprint density at radius 3 is 2.70 bits per heavy atom. The van der Waals surface area contributed by atoms with Crippen molar-refractivity contribution < 1.29 is 0 Å². The van der Waals surface area contributed by atoms with Crippen LogP contribution in [0.4, 0.5) is 0 Å². The fourth-order valence-electron chi connectivity index (χ4n) is 2.46. The van der Waals surface area contributed by atoms with E-state index in [4.69, 9.17) is 0 Å². The van der Waals surface area contributed by atoms with E-state index in [0.29, 0.717) is 6.04 Å². The van der Waals surface area contributed by atoms with E-state index in [1.807, 2.05) is 30.6 Å². The maximum Gasteiger partial charge on any atom is 0.191 e. The van der Waals surface area contributed by atoms with Crippen LogP contribution in [0.2, 0.25) is 0 Å². The van der Waals surface area contributed by atoms with Crippen molar-refractivity contribution in [3.63, 3.8) is 0 Å². The monoisotopic (exact) mass is 431 g/mol. The Labute approximate surface area is 150 Å². The Kier molecular flexibility index (Phi) is 13.8. The number of nitrogens with one attached hydrogen (secondary N) is 2. The molecule has 1 fully saturated rings. The summed E-state index contributed by atoms with van der Waals surface area (Å²) in [6.45, 7) is 1.03. The van der Waals surface area contributed by atoms with Crippen LogP contribution in [0.3, 0.4) is 0 Å². The van der Waals surface area contributed by atoms with Crippen LogP contribution < -0.4 is 10.6 Å². The SMILES string of the molecule is CN=C(NCCCCSC)NC1CCCC(SC)C1.I. The summed E-state index contributed by atoms with van der Waals surface area (Å²) in [5.74, 6) is 2.24. The molecule has 1 aliphatic carbocycles. The molecule has 0 radical (unpaired) electrons. The van der Waals surface area contributed by atoms with Gasteiger partial charge < -0.3 is 10.6 Å².